The Morgan fingerprint density at radius 2 is 2.00 bits per heavy atom. The summed E-state index contributed by atoms with van der Waals surface area (Å²) in [5, 5.41) is 12.7. The van der Waals surface area contributed by atoms with Crippen molar-refractivity contribution in [2.75, 3.05) is 11.1 Å². The first-order valence-corrected chi connectivity index (χ1v) is 10.3. The van der Waals surface area contributed by atoms with Gasteiger partial charge in [0, 0.05) is 11.8 Å². The molecular weight excluding hydrogens is 376 g/mol. The van der Waals surface area contributed by atoms with E-state index in [1.54, 1.807) is 23.6 Å². The molecule has 8 nitrogen and oxygen atoms in total. The van der Waals surface area contributed by atoms with Gasteiger partial charge in [-0.25, -0.2) is 13.4 Å². The summed E-state index contributed by atoms with van der Waals surface area (Å²) < 4.78 is 29.7. The summed E-state index contributed by atoms with van der Waals surface area (Å²) in [4.78, 5) is 16.4. The number of hydrogen-bond acceptors (Lipinski definition) is 8. The van der Waals surface area contributed by atoms with Crippen molar-refractivity contribution in [2.45, 2.75) is 24.7 Å². The molecule has 0 atom stereocenters. The van der Waals surface area contributed by atoms with Gasteiger partial charge in [-0.15, -0.1) is 16.4 Å². The number of hydrogen-bond donors (Lipinski definition) is 1. The predicted octanol–water partition coefficient (Wildman–Crippen LogP) is 2.69. The molecule has 2 aromatic heterocycles. The van der Waals surface area contributed by atoms with Crippen molar-refractivity contribution in [1.82, 2.24) is 15.2 Å². The number of rotatable bonds is 7. The minimum atomic E-state index is -3.40. The molecule has 0 aliphatic heterocycles. The van der Waals surface area contributed by atoms with Gasteiger partial charge in [0.05, 0.1) is 15.7 Å². The van der Waals surface area contributed by atoms with Crippen LogP contribution in [-0.4, -0.2) is 35.3 Å². The second kappa shape index (κ2) is 7.75. The highest BCUT2D eigenvalue weighted by Crippen LogP contribution is 2.21. The van der Waals surface area contributed by atoms with E-state index in [0.29, 0.717) is 5.69 Å². The molecule has 1 N–H and O–H groups in total. The van der Waals surface area contributed by atoms with Gasteiger partial charge in [-0.2, -0.15) is 0 Å². The zero-order valence-corrected chi connectivity index (χ0v) is 15.5. The molecule has 0 saturated carbocycles. The zero-order valence-electron chi connectivity index (χ0n) is 13.9. The largest absolute Gasteiger partial charge is 0.401 e. The Morgan fingerprint density at radius 1 is 1.23 bits per heavy atom. The summed E-state index contributed by atoms with van der Waals surface area (Å²) >= 11 is 1.45. The third kappa shape index (κ3) is 4.52. The number of sulfone groups is 1. The van der Waals surface area contributed by atoms with Crippen LogP contribution in [0.1, 0.15) is 17.8 Å². The highest BCUT2D eigenvalue weighted by atomic mass is 32.2. The van der Waals surface area contributed by atoms with Crippen molar-refractivity contribution >= 4 is 33.1 Å². The summed E-state index contributed by atoms with van der Waals surface area (Å²) in [5.41, 5.74) is 0.550. The minimum absolute atomic E-state index is 0.0274. The Balaban J connectivity index is 1.51. The molecule has 26 heavy (non-hydrogen) atoms. The van der Waals surface area contributed by atoms with Crippen LogP contribution in [0.25, 0.3) is 11.6 Å². The zero-order chi connectivity index (χ0) is 18.6. The van der Waals surface area contributed by atoms with Gasteiger partial charge >= 0.3 is 6.01 Å². The third-order valence-corrected chi connectivity index (χ3v) is 6.02. The molecule has 0 spiro atoms. The molecule has 1 amide bonds. The Morgan fingerprint density at radius 3 is 2.69 bits per heavy atom. The number of benzene rings is 1. The van der Waals surface area contributed by atoms with Gasteiger partial charge in [0.15, 0.2) is 9.84 Å². The molecule has 1 aromatic carbocycles. The van der Waals surface area contributed by atoms with Gasteiger partial charge in [-0.3, -0.25) is 10.1 Å². The lowest BCUT2D eigenvalue weighted by molar-refractivity contribution is -0.116. The number of anilines is 1. The molecule has 3 aromatic rings. The number of nitrogens with zero attached hydrogens (tertiary/aromatic N) is 3. The summed E-state index contributed by atoms with van der Waals surface area (Å²) in [6.45, 7) is 1.86. The molecule has 0 saturated heterocycles. The van der Waals surface area contributed by atoms with Gasteiger partial charge in [-0.1, -0.05) is 23.3 Å². The number of nitrogens with one attached hydrogen (secondary N) is 1. The van der Waals surface area contributed by atoms with Gasteiger partial charge in [0.2, 0.25) is 5.91 Å². The van der Waals surface area contributed by atoms with Crippen LogP contribution in [0.15, 0.2) is 45.0 Å². The molecule has 0 unspecified atom stereocenters. The lowest BCUT2D eigenvalue weighted by Crippen LogP contribution is -2.14. The van der Waals surface area contributed by atoms with Crippen LogP contribution in [0.4, 0.5) is 6.01 Å². The Kier molecular flexibility index (Phi) is 5.43. The quantitative estimate of drug-likeness (QED) is 0.657. The lowest BCUT2D eigenvalue weighted by atomic mass is 10.3. The first-order chi connectivity index (χ1) is 12.4. The second-order valence-electron chi connectivity index (χ2n) is 5.45. The van der Waals surface area contributed by atoms with Crippen molar-refractivity contribution in [2.24, 2.45) is 0 Å². The number of aromatic nitrogens is 3. The Bertz CT molecular complexity index is 996. The van der Waals surface area contributed by atoms with Crippen molar-refractivity contribution in [1.29, 1.82) is 0 Å². The molecule has 136 valence electrons. The smallest absolute Gasteiger partial charge is 0.322 e. The van der Waals surface area contributed by atoms with E-state index < -0.39 is 15.7 Å². The normalized spacial score (nSPS) is 11.4. The minimum Gasteiger partial charge on any atom is -0.401 e. The number of carbonyl (C=O) groups excluding carboxylic acids is 1. The van der Waals surface area contributed by atoms with E-state index in [9.17, 15) is 13.2 Å². The average molecular weight is 392 g/mol. The number of amides is 1. The van der Waals surface area contributed by atoms with E-state index in [-0.39, 0.29) is 35.4 Å². The fourth-order valence-corrected chi connectivity index (χ4v) is 4.11. The van der Waals surface area contributed by atoms with Crippen LogP contribution in [-0.2, 0) is 14.6 Å². The van der Waals surface area contributed by atoms with Gasteiger partial charge < -0.3 is 4.42 Å². The van der Waals surface area contributed by atoms with E-state index >= 15 is 0 Å². The SMILES string of the molecule is Cc1nc(-c2nnc(NC(=O)CCCS(=O)(=O)c3ccccc3)o2)cs1. The maximum absolute atomic E-state index is 12.2. The summed E-state index contributed by atoms with van der Waals surface area (Å²) in [7, 11) is -3.40. The first kappa shape index (κ1) is 18.2. The highest BCUT2D eigenvalue weighted by molar-refractivity contribution is 7.91. The second-order valence-corrected chi connectivity index (χ2v) is 8.62. The predicted molar refractivity (Wildman–Crippen MR) is 96.5 cm³/mol. The molecule has 0 bridgehead atoms. The van der Waals surface area contributed by atoms with Crippen molar-refractivity contribution in [3.8, 4) is 11.6 Å². The van der Waals surface area contributed by atoms with Crippen molar-refractivity contribution in [3.05, 3.63) is 40.7 Å². The number of carbonyl (C=O) groups is 1. The summed E-state index contributed by atoms with van der Waals surface area (Å²) in [6, 6.07) is 8.11. The number of aryl methyl sites for hydroxylation is 1. The van der Waals surface area contributed by atoms with E-state index in [4.69, 9.17) is 4.42 Å². The molecule has 0 aliphatic rings. The molecule has 10 heteroatoms. The fraction of sp³-hybridized carbons (Fsp3) is 0.250. The molecular formula is C16H16N4O4S2. The molecule has 2 heterocycles. The fourth-order valence-electron chi connectivity index (χ4n) is 2.19. The topological polar surface area (TPSA) is 115 Å². The standard InChI is InChI=1S/C16H16N4O4S2/c1-11-17-13(10-25-11)15-19-20-16(24-15)18-14(21)8-5-9-26(22,23)12-6-3-2-4-7-12/h2-4,6-7,10H,5,8-9H2,1H3,(H,18,20,21). The Hall–Kier alpha value is -2.59. The van der Waals surface area contributed by atoms with E-state index in [1.807, 2.05) is 6.92 Å². The average Bonchev–Trinajstić information content (AvgIpc) is 3.24. The molecule has 0 fully saturated rings. The molecule has 0 radical (unpaired) electrons. The van der Waals surface area contributed by atoms with E-state index in [1.165, 1.54) is 23.5 Å². The molecule has 0 aliphatic carbocycles. The van der Waals surface area contributed by atoms with Crippen molar-refractivity contribution in [3.63, 3.8) is 0 Å². The first-order valence-electron chi connectivity index (χ1n) is 7.78. The maximum Gasteiger partial charge on any atom is 0.322 e. The van der Waals surface area contributed by atoms with Crippen LogP contribution in [0, 0.1) is 6.92 Å². The van der Waals surface area contributed by atoms with Crippen LogP contribution in [0.2, 0.25) is 0 Å². The van der Waals surface area contributed by atoms with Crippen LogP contribution in [0.5, 0.6) is 0 Å². The lowest BCUT2D eigenvalue weighted by Gasteiger charge is -2.04. The highest BCUT2D eigenvalue weighted by Gasteiger charge is 2.16. The maximum atomic E-state index is 12.2. The van der Waals surface area contributed by atoms with Gasteiger partial charge in [0.25, 0.3) is 5.89 Å². The monoisotopic (exact) mass is 392 g/mol. The van der Waals surface area contributed by atoms with E-state index in [2.05, 4.69) is 20.5 Å². The Labute approximate surface area is 154 Å². The summed E-state index contributed by atoms with van der Waals surface area (Å²) in [6.07, 6.45) is 0.217. The van der Waals surface area contributed by atoms with Crippen molar-refractivity contribution < 1.29 is 17.6 Å². The molecule has 3 rings (SSSR count). The van der Waals surface area contributed by atoms with Crippen LogP contribution >= 0.6 is 11.3 Å². The van der Waals surface area contributed by atoms with Gasteiger partial charge in [0.1, 0.15) is 5.69 Å². The third-order valence-electron chi connectivity index (χ3n) is 3.43. The van der Waals surface area contributed by atoms with Crippen LogP contribution < -0.4 is 5.32 Å². The van der Waals surface area contributed by atoms with Crippen LogP contribution in [0.3, 0.4) is 0 Å². The van der Waals surface area contributed by atoms with E-state index in [0.717, 1.165) is 5.01 Å². The number of thiazole rings is 1. The summed E-state index contributed by atoms with van der Waals surface area (Å²) in [5.74, 6) is -0.285. The van der Waals surface area contributed by atoms with Gasteiger partial charge in [-0.05, 0) is 25.5 Å².